The number of hydrogen-bond donors (Lipinski definition) is 1. The average Bonchev–Trinajstić information content (AvgIpc) is 2.73. The van der Waals surface area contributed by atoms with Gasteiger partial charge in [0.2, 0.25) is 5.91 Å². The van der Waals surface area contributed by atoms with Crippen molar-refractivity contribution in [2.75, 3.05) is 18.4 Å². The van der Waals surface area contributed by atoms with Gasteiger partial charge in [-0.1, -0.05) is 31.5 Å². The van der Waals surface area contributed by atoms with Crippen LogP contribution in [0.4, 0.5) is 10.5 Å². The molecule has 1 fully saturated rings. The third kappa shape index (κ3) is 3.45. The fourth-order valence-corrected chi connectivity index (χ4v) is 2.54. The number of nitrogens with one attached hydrogen (secondary N) is 1. The van der Waals surface area contributed by atoms with Gasteiger partial charge in [-0.05, 0) is 31.4 Å². The lowest BCUT2D eigenvalue weighted by Gasteiger charge is -2.16. The minimum atomic E-state index is -0.951. The molecule has 0 bridgehead atoms. The van der Waals surface area contributed by atoms with Crippen LogP contribution in [0.2, 0.25) is 0 Å². The van der Waals surface area contributed by atoms with Crippen LogP contribution < -0.4 is 5.32 Å². The van der Waals surface area contributed by atoms with Crippen LogP contribution in [-0.4, -0.2) is 46.6 Å². The second-order valence-corrected chi connectivity index (χ2v) is 5.80. The fraction of sp³-hybridized carbons (Fsp3) is 0.412. The third-order valence-corrected chi connectivity index (χ3v) is 3.92. The highest BCUT2D eigenvalue weighted by molar-refractivity contribution is 6.45. The smallest absolute Gasteiger partial charge is 0.324 e. The summed E-state index contributed by atoms with van der Waals surface area (Å²) in [7, 11) is 0. The quantitative estimate of drug-likeness (QED) is 0.636. The number of para-hydroxylation sites is 1. The maximum absolute atomic E-state index is 12.2. The number of anilines is 1. The van der Waals surface area contributed by atoms with Crippen LogP contribution in [0.25, 0.3) is 0 Å². The van der Waals surface area contributed by atoms with Gasteiger partial charge in [0, 0.05) is 12.2 Å². The predicted octanol–water partition coefficient (Wildman–Crippen LogP) is 1.83. The summed E-state index contributed by atoms with van der Waals surface area (Å²) in [5.41, 5.74) is 2.40. The van der Waals surface area contributed by atoms with Crippen LogP contribution >= 0.6 is 0 Å². The lowest BCUT2D eigenvalue weighted by Crippen LogP contribution is -2.39. The van der Waals surface area contributed by atoms with E-state index in [4.69, 9.17) is 0 Å². The van der Waals surface area contributed by atoms with Crippen molar-refractivity contribution in [1.29, 1.82) is 0 Å². The summed E-state index contributed by atoms with van der Waals surface area (Å²) < 4.78 is 0. The first-order chi connectivity index (χ1) is 11.4. The van der Waals surface area contributed by atoms with Gasteiger partial charge in [-0.3, -0.25) is 19.3 Å². The van der Waals surface area contributed by atoms with E-state index in [9.17, 15) is 19.2 Å². The molecule has 0 aliphatic carbocycles. The van der Waals surface area contributed by atoms with Gasteiger partial charge in [0.05, 0.1) is 0 Å². The maximum atomic E-state index is 12.2. The van der Waals surface area contributed by atoms with E-state index in [-0.39, 0.29) is 6.54 Å². The molecular weight excluding hydrogens is 310 g/mol. The second-order valence-electron chi connectivity index (χ2n) is 5.80. The third-order valence-electron chi connectivity index (χ3n) is 3.92. The van der Waals surface area contributed by atoms with Gasteiger partial charge in [0.15, 0.2) is 0 Å². The minimum absolute atomic E-state index is 0.189. The van der Waals surface area contributed by atoms with Crippen molar-refractivity contribution in [3.8, 4) is 0 Å². The number of imide groups is 2. The molecule has 1 aliphatic heterocycles. The van der Waals surface area contributed by atoms with Crippen LogP contribution in [0.1, 0.15) is 30.9 Å². The van der Waals surface area contributed by atoms with Crippen LogP contribution in [-0.2, 0) is 14.4 Å². The molecule has 1 heterocycles. The largest absolute Gasteiger partial charge is 0.334 e. The van der Waals surface area contributed by atoms with E-state index < -0.39 is 30.3 Å². The molecule has 1 N–H and O–H groups in total. The molecule has 1 saturated heterocycles. The number of carbonyl (C=O) groups excluding carboxylic acids is 4. The van der Waals surface area contributed by atoms with Gasteiger partial charge in [0.1, 0.15) is 6.54 Å². The van der Waals surface area contributed by atoms with Crippen LogP contribution in [0.15, 0.2) is 18.2 Å². The van der Waals surface area contributed by atoms with Crippen molar-refractivity contribution in [2.24, 2.45) is 0 Å². The Kier molecular flexibility index (Phi) is 5.33. The summed E-state index contributed by atoms with van der Waals surface area (Å²) >= 11 is 0. The van der Waals surface area contributed by atoms with Gasteiger partial charge in [-0.15, -0.1) is 0 Å². The van der Waals surface area contributed by atoms with E-state index in [1.165, 1.54) is 0 Å². The Morgan fingerprint density at radius 1 is 1.04 bits per heavy atom. The SMILES string of the molecule is CCCCN1C(=O)C(=O)N(CC(=O)Nc2c(C)cccc2C)C1=O. The van der Waals surface area contributed by atoms with E-state index in [1.54, 1.807) is 0 Å². The highest BCUT2D eigenvalue weighted by atomic mass is 16.2. The molecule has 5 amide bonds. The molecule has 0 saturated carbocycles. The number of hydrogen-bond acceptors (Lipinski definition) is 4. The number of benzene rings is 1. The van der Waals surface area contributed by atoms with Gasteiger partial charge in [-0.2, -0.15) is 0 Å². The Balaban J connectivity index is 2.07. The molecule has 0 atom stereocenters. The van der Waals surface area contributed by atoms with Crippen molar-refractivity contribution in [3.63, 3.8) is 0 Å². The summed E-state index contributed by atoms with van der Waals surface area (Å²) in [5, 5.41) is 2.70. The van der Waals surface area contributed by atoms with Crippen molar-refractivity contribution in [2.45, 2.75) is 33.6 Å². The van der Waals surface area contributed by atoms with Gasteiger partial charge in [0.25, 0.3) is 0 Å². The molecule has 2 rings (SSSR count). The number of urea groups is 1. The van der Waals surface area contributed by atoms with E-state index in [2.05, 4.69) is 5.32 Å². The van der Waals surface area contributed by atoms with Crippen molar-refractivity contribution in [3.05, 3.63) is 29.3 Å². The molecule has 1 aromatic carbocycles. The first-order valence-corrected chi connectivity index (χ1v) is 7.90. The average molecular weight is 331 g/mol. The number of aryl methyl sites for hydroxylation is 2. The zero-order valence-electron chi connectivity index (χ0n) is 14.1. The van der Waals surface area contributed by atoms with E-state index in [1.807, 2.05) is 39.0 Å². The minimum Gasteiger partial charge on any atom is -0.324 e. The molecule has 0 radical (unpaired) electrons. The standard InChI is InChI=1S/C17H21N3O4/c1-4-5-9-19-15(22)16(23)20(17(19)24)10-13(21)18-14-11(2)7-6-8-12(14)3/h6-8H,4-5,9-10H2,1-3H3,(H,18,21). The highest BCUT2D eigenvalue weighted by Gasteiger charge is 2.44. The Hall–Kier alpha value is -2.70. The molecule has 7 nitrogen and oxygen atoms in total. The van der Waals surface area contributed by atoms with Crippen LogP contribution in [0.5, 0.6) is 0 Å². The zero-order chi connectivity index (χ0) is 17.9. The Morgan fingerprint density at radius 2 is 1.62 bits per heavy atom. The maximum Gasteiger partial charge on any atom is 0.334 e. The summed E-state index contributed by atoms with van der Waals surface area (Å²) in [6, 6.07) is 4.85. The predicted molar refractivity (Wildman–Crippen MR) is 88.3 cm³/mol. The van der Waals surface area contributed by atoms with Gasteiger partial charge < -0.3 is 5.32 Å². The number of unbranched alkanes of at least 4 members (excludes halogenated alkanes) is 1. The Labute approximate surface area is 140 Å². The van der Waals surface area contributed by atoms with Crippen molar-refractivity contribution < 1.29 is 19.2 Å². The molecule has 1 aromatic rings. The number of nitrogens with zero attached hydrogens (tertiary/aromatic N) is 2. The highest BCUT2D eigenvalue weighted by Crippen LogP contribution is 2.20. The lowest BCUT2D eigenvalue weighted by molar-refractivity contribution is -0.143. The topological polar surface area (TPSA) is 86.8 Å². The molecule has 0 aromatic heterocycles. The summed E-state index contributed by atoms with van der Waals surface area (Å²) in [6.45, 7) is 5.34. The van der Waals surface area contributed by atoms with Crippen LogP contribution in [0.3, 0.4) is 0 Å². The monoisotopic (exact) mass is 331 g/mol. The van der Waals surface area contributed by atoms with Crippen LogP contribution in [0, 0.1) is 13.8 Å². The number of carbonyl (C=O) groups is 4. The summed E-state index contributed by atoms with van der Waals surface area (Å²) in [6.07, 6.45) is 1.41. The first-order valence-electron chi connectivity index (χ1n) is 7.90. The van der Waals surface area contributed by atoms with Gasteiger partial charge in [-0.25, -0.2) is 9.69 Å². The van der Waals surface area contributed by atoms with Crippen molar-refractivity contribution >= 4 is 29.4 Å². The van der Waals surface area contributed by atoms with Gasteiger partial charge >= 0.3 is 17.8 Å². The van der Waals surface area contributed by atoms with E-state index in [0.29, 0.717) is 17.0 Å². The summed E-state index contributed by atoms with van der Waals surface area (Å²) in [4.78, 5) is 49.8. The van der Waals surface area contributed by atoms with Crippen molar-refractivity contribution in [1.82, 2.24) is 9.80 Å². The number of amides is 5. The summed E-state index contributed by atoms with van der Waals surface area (Å²) in [5.74, 6) is -2.33. The molecule has 1 aliphatic rings. The van der Waals surface area contributed by atoms with E-state index >= 15 is 0 Å². The fourth-order valence-electron chi connectivity index (χ4n) is 2.54. The molecular formula is C17H21N3O4. The first kappa shape index (κ1) is 17.7. The lowest BCUT2D eigenvalue weighted by atomic mass is 10.1. The number of rotatable bonds is 6. The molecule has 128 valence electrons. The molecule has 0 spiro atoms. The Bertz CT molecular complexity index is 679. The van der Waals surface area contributed by atoms with E-state index in [0.717, 1.165) is 22.4 Å². The zero-order valence-corrected chi connectivity index (χ0v) is 14.1. The normalized spacial score (nSPS) is 14.5. The molecule has 0 unspecified atom stereocenters. The molecule has 24 heavy (non-hydrogen) atoms. The molecule has 7 heteroatoms. The Morgan fingerprint density at radius 3 is 2.21 bits per heavy atom. The second kappa shape index (κ2) is 7.25.